The van der Waals surface area contributed by atoms with Gasteiger partial charge in [-0.05, 0) is 76.5 Å². The van der Waals surface area contributed by atoms with Crippen LogP contribution in [0.3, 0.4) is 0 Å². The van der Waals surface area contributed by atoms with E-state index in [4.69, 9.17) is 9.72 Å². The fourth-order valence-corrected chi connectivity index (χ4v) is 6.53. The molecule has 1 saturated carbocycles. The molecule has 9 heteroatoms. The van der Waals surface area contributed by atoms with Crippen LogP contribution in [0.2, 0.25) is 0 Å². The number of carboxylic acid groups (broad SMARTS) is 1. The van der Waals surface area contributed by atoms with Gasteiger partial charge in [0.25, 0.3) is 5.91 Å². The smallest absolute Gasteiger partial charge is 0.407 e. The van der Waals surface area contributed by atoms with Gasteiger partial charge in [-0.1, -0.05) is 39.8 Å². The summed E-state index contributed by atoms with van der Waals surface area (Å²) in [6.45, 7) is 10.6. The number of aromatic nitrogens is 2. The van der Waals surface area contributed by atoms with Crippen molar-refractivity contribution in [1.82, 2.24) is 19.8 Å². The molecule has 0 unspecified atom stereocenters. The molecule has 218 valence electrons. The predicted molar refractivity (Wildman–Crippen MR) is 155 cm³/mol. The van der Waals surface area contributed by atoms with Crippen molar-refractivity contribution in [2.24, 2.45) is 0 Å². The van der Waals surface area contributed by atoms with Crippen LogP contribution in [0, 0.1) is 0 Å². The Balaban J connectivity index is 1.38. The van der Waals surface area contributed by atoms with Crippen molar-refractivity contribution in [3.05, 3.63) is 64.0 Å². The van der Waals surface area contributed by atoms with Gasteiger partial charge in [0, 0.05) is 37.4 Å². The number of carbonyl (C=O) groups is 2. The lowest BCUT2D eigenvalue weighted by Gasteiger charge is -2.39. The third-order valence-corrected chi connectivity index (χ3v) is 9.19. The summed E-state index contributed by atoms with van der Waals surface area (Å²) in [5, 5.41) is 21.7. The van der Waals surface area contributed by atoms with E-state index in [1.165, 1.54) is 10.5 Å². The number of fused-ring (bicyclic) bond motifs is 2. The molecule has 0 bridgehead atoms. The van der Waals surface area contributed by atoms with Gasteiger partial charge in [-0.15, -0.1) is 0 Å². The minimum atomic E-state index is -1.23. The Labute approximate surface area is 240 Å². The highest BCUT2D eigenvalue weighted by Gasteiger charge is 2.50. The van der Waals surface area contributed by atoms with Crippen LogP contribution < -0.4 is 0 Å². The number of H-pyrrole nitrogens is 1. The van der Waals surface area contributed by atoms with Gasteiger partial charge in [0.15, 0.2) is 0 Å². The number of carbonyl (C=O) groups excluding carboxylic acids is 1. The lowest BCUT2D eigenvalue weighted by molar-refractivity contribution is -0.143. The minimum absolute atomic E-state index is 0.220. The first-order valence-corrected chi connectivity index (χ1v) is 14.7. The van der Waals surface area contributed by atoms with Gasteiger partial charge in [0.05, 0.1) is 19.3 Å². The van der Waals surface area contributed by atoms with Crippen LogP contribution in [0.15, 0.2) is 30.6 Å². The van der Waals surface area contributed by atoms with Gasteiger partial charge >= 0.3 is 6.09 Å². The number of rotatable bonds is 6. The Morgan fingerprint density at radius 1 is 1.22 bits per heavy atom. The molecular weight excluding hydrogens is 520 g/mol. The zero-order valence-corrected chi connectivity index (χ0v) is 24.4. The van der Waals surface area contributed by atoms with E-state index in [2.05, 4.69) is 50.9 Å². The lowest BCUT2D eigenvalue weighted by Crippen LogP contribution is -2.46. The average molecular weight is 561 g/mol. The van der Waals surface area contributed by atoms with Gasteiger partial charge in [-0.25, -0.2) is 9.78 Å². The number of nitrogens with one attached hydrogen (secondary N) is 1. The number of ether oxygens (including phenoxy) is 1. The number of aliphatic hydroxyl groups is 1. The molecule has 3 aromatic rings. The van der Waals surface area contributed by atoms with Crippen molar-refractivity contribution < 1.29 is 24.5 Å². The second-order valence-corrected chi connectivity index (χ2v) is 13.0. The Morgan fingerprint density at radius 3 is 2.71 bits per heavy atom. The van der Waals surface area contributed by atoms with Crippen molar-refractivity contribution in [1.29, 1.82) is 0 Å². The van der Waals surface area contributed by atoms with E-state index in [1.807, 2.05) is 12.4 Å². The molecule has 4 heterocycles. The largest absolute Gasteiger partial charge is 0.465 e. The third kappa shape index (κ3) is 5.10. The number of amides is 2. The maximum atomic E-state index is 13.1. The standard InChI is InChI=1S/C32H40N4O5/c1-19(2)25-16-34-28-24(25)11-20(15-33-28)14-31(3,4)22-12-21-5-8-35(29(37)32(40)6-7-32)17-26(21)23(13-22)27-18-41-10-9-36(27)30(38)39/h11-13,15-16,19,27,40H,5-10,14,17-18H2,1-4H3,(H,33,34)(H,38,39)/t27-/m0/s1. The fraction of sp³-hybridized carbons (Fsp3) is 0.531. The molecule has 2 aromatic heterocycles. The van der Waals surface area contributed by atoms with Gasteiger partial charge < -0.3 is 24.8 Å². The van der Waals surface area contributed by atoms with Crippen LogP contribution in [-0.2, 0) is 34.3 Å². The maximum Gasteiger partial charge on any atom is 0.407 e. The van der Waals surface area contributed by atoms with Crippen molar-refractivity contribution >= 4 is 23.0 Å². The first kappa shape index (κ1) is 27.7. The Bertz CT molecular complexity index is 1510. The molecule has 1 saturated heterocycles. The Morgan fingerprint density at radius 2 is 2.00 bits per heavy atom. The van der Waals surface area contributed by atoms with Crippen molar-refractivity contribution in [2.45, 2.75) is 82.9 Å². The van der Waals surface area contributed by atoms with Crippen LogP contribution >= 0.6 is 0 Å². The van der Waals surface area contributed by atoms with Crippen LogP contribution in [-0.4, -0.2) is 73.9 Å². The first-order valence-electron chi connectivity index (χ1n) is 14.7. The molecule has 3 aliphatic rings. The number of nitrogens with zero attached hydrogens (tertiary/aromatic N) is 3. The lowest BCUT2D eigenvalue weighted by atomic mass is 9.76. The number of hydrogen-bond acceptors (Lipinski definition) is 5. The molecule has 3 N–H and O–H groups in total. The second kappa shape index (κ2) is 10.1. The molecule has 2 amide bonds. The summed E-state index contributed by atoms with van der Waals surface area (Å²) in [5.41, 5.74) is 5.93. The summed E-state index contributed by atoms with van der Waals surface area (Å²) in [6.07, 6.45) is 5.43. The van der Waals surface area contributed by atoms with Crippen LogP contribution in [0.4, 0.5) is 4.79 Å². The molecule has 1 atom stereocenters. The molecule has 6 rings (SSSR count). The number of aromatic amines is 1. The summed E-state index contributed by atoms with van der Waals surface area (Å²) in [4.78, 5) is 36.5. The minimum Gasteiger partial charge on any atom is -0.465 e. The molecule has 2 aliphatic heterocycles. The Hall–Kier alpha value is -3.43. The molecular formula is C32H40N4O5. The van der Waals surface area contributed by atoms with E-state index < -0.39 is 17.7 Å². The van der Waals surface area contributed by atoms with Crippen LogP contribution in [0.5, 0.6) is 0 Å². The summed E-state index contributed by atoms with van der Waals surface area (Å²) < 4.78 is 5.79. The normalized spacial score (nSPS) is 20.4. The summed E-state index contributed by atoms with van der Waals surface area (Å²) in [5.74, 6) is 0.167. The summed E-state index contributed by atoms with van der Waals surface area (Å²) >= 11 is 0. The SMILES string of the molecule is CC(C)c1c[nH]c2ncc(CC(C)(C)c3cc4c(c([C@@H]5COCCN5C(=O)O)c3)CN(C(=O)C3(O)CC3)CC4)cc12. The van der Waals surface area contributed by atoms with E-state index >= 15 is 0 Å². The number of pyridine rings is 1. The first-order chi connectivity index (χ1) is 19.5. The monoisotopic (exact) mass is 560 g/mol. The zero-order chi connectivity index (χ0) is 29.1. The van der Waals surface area contributed by atoms with Crippen LogP contribution in [0.25, 0.3) is 11.0 Å². The summed E-state index contributed by atoms with van der Waals surface area (Å²) in [7, 11) is 0. The van der Waals surface area contributed by atoms with E-state index in [0.29, 0.717) is 51.4 Å². The van der Waals surface area contributed by atoms with Gasteiger partial charge in [0.2, 0.25) is 0 Å². The highest BCUT2D eigenvalue weighted by molar-refractivity contribution is 5.88. The Kier molecular flexibility index (Phi) is 6.85. The van der Waals surface area contributed by atoms with Gasteiger partial charge in [0.1, 0.15) is 11.2 Å². The van der Waals surface area contributed by atoms with E-state index in [1.54, 1.807) is 4.90 Å². The van der Waals surface area contributed by atoms with Crippen LogP contribution in [0.1, 0.15) is 85.9 Å². The molecule has 1 aliphatic carbocycles. The molecule has 41 heavy (non-hydrogen) atoms. The zero-order valence-electron chi connectivity index (χ0n) is 24.4. The quantitative estimate of drug-likeness (QED) is 0.403. The number of hydrogen-bond donors (Lipinski definition) is 3. The molecule has 0 radical (unpaired) electrons. The van der Waals surface area contributed by atoms with Crippen molar-refractivity contribution in [3.63, 3.8) is 0 Å². The topological polar surface area (TPSA) is 119 Å². The molecule has 1 aromatic carbocycles. The number of benzene rings is 1. The molecule has 2 fully saturated rings. The van der Waals surface area contributed by atoms with E-state index in [0.717, 1.165) is 45.3 Å². The average Bonchev–Trinajstić information content (AvgIpc) is 3.56. The maximum absolute atomic E-state index is 13.1. The molecule has 0 spiro atoms. The molecule has 9 nitrogen and oxygen atoms in total. The van der Waals surface area contributed by atoms with Crippen molar-refractivity contribution in [2.75, 3.05) is 26.3 Å². The van der Waals surface area contributed by atoms with E-state index in [-0.39, 0.29) is 17.9 Å². The second-order valence-electron chi connectivity index (χ2n) is 13.0. The predicted octanol–water partition coefficient (Wildman–Crippen LogP) is 4.67. The highest BCUT2D eigenvalue weighted by atomic mass is 16.5. The third-order valence-electron chi connectivity index (χ3n) is 9.19. The van der Waals surface area contributed by atoms with E-state index in [9.17, 15) is 19.8 Å². The van der Waals surface area contributed by atoms with Gasteiger partial charge in [-0.2, -0.15) is 0 Å². The van der Waals surface area contributed by atoms with Crippen molar-refractivity contribution in [3.8, 4) is 0 Å². The number of morpholine rings is 1. The summed E-state index contributed by atoms with van der Waals surface area (Å²) in [6, 6.07) is 6.15. The highest BCUT2D eigenvalue weighted by Crippen LogP contribution is 2.41. The fourth-order valence-electron chi connectivity index (χ4n) is 6.53. The van der Waals surface area contributed by atoms with Gasteiger partial charge in [-0.3, -0.25) is 9.69 Å².